The molecule has 24 heavy (non-hydrogen) atoms. The van der Waals surface area contributed by atoms with Crippen LogP contribution in [-0.4, -0.2) is 21.4 Å². The molecule has 1 aliphatic rings. The minimum absolute atomic E-state index is 0.132. The molecule has 6 heteroatoms. The number of rotatable bonds is 4. The van der Waals surface area contributed by atoms with Gasteiger partial charge < -0.3 is 0 Å². The normalized spacial score (nSPS) is 20.1. The quantitative estimate of drug-likeness (QED) is 0.837. The molecule has 2 aromatic heterocycles. The van der Waals surface area contributed by atoms with Crippen molar-refractivity contribution in [3.8, 4) is 0 Å². The van der Waals surface area contributed by atoms with Crippen molar-refractivity contribution in [3.05, 3.63) is 48.8 Å². The van der Waals surface area contributed by atoms with Gasteiger partial charge >= 0.3 is 0 Å². The lowest BCUT2D eigenvalue weighted by molar-refractivity contribution is 0.389. The number of anilines is 2. The predicted molar refractivity (Wildman–Crippen MR) is 98.2 cm³/mol. The summed E-state index contributed by atoms with van der Waals surface area (Å²) in [5.41, 5.74) is 8.37. The van der Waals surface area contributed by atoms with Gasteiger partial charge in [0.25, 0.3) is 0 Å². The first kappa shape index (κ1) is 16.1. The van der Waals surface area contributed by atoms with Crippen LogP contribution in [0, 0.1) is 5.41 Å². The van der Waals surface area contributed by atoms with Crippen molar-refractivity contribution in [1.82, 2.24) is 9.97 Å². The number of nitrogens with one attached hydrogen (secondary N) is 2. The van der Waals surface area contributed by atoms with E-state index in [-0.39, 0.29) is 5.41 Å². The smallest absolute Gasteiger partial charge is 0.146 e. The number of aromatic nitrogens is 2. The maximum absolute atomic E-state index is 4.53. The second kappa shape index (κ2) is 7.21. The van der Waals surface area contributed by atoms with Gasteiger partial charge in [0.05, 0.1) is 0 Å². The summed E-state index contributed by atoms with van der Waals surface area (Å²) in [4.78, 5) is 8.45. The van der Waals surface area contributed by atoms with E-state index < -0.39 is 0 Å². The van der Waals surface area contributed by atoms with E-state index in [0.29, 0.717) is 0 Å². The van der Waals surface area contributed by atoms with E-state index in [1.54, 1.807) is 12.4 Å². The summed E-state index contributed by atoms with van der Waals surface area (Å²) >= 11 is 0. The number of pyridine rings is 2. The van der Waals surface area contributed by atoms with E-state index in [4.69, 9.17) is 0 Å². The van der Waals surface area contributed by atoms with Crippen LogP contribution in [0.25, 0.3) is 0 Å². The van der Waals surface area contributed by atoms with E-state index in [2.05, 4.69) is 44.9 Å². The van der Waals surface area contributed by atoms with Gasteiger partial charge in [-0.25, -0.2) is 9.97 Å². The summed E-state index contributed by atoms with van der Waals surface area (Å²) < 4.78 is 0. The Balaban J connectivity index is 1.70. The molecule has 2 aromatic rings. The van der Waals surface area contributed by atoms with Crippen molar-refractivity contribution >= 4 is 23.1 Å². The lowest BCUT2D eigenvalue weighted by atomic mass is 9.75. The minimum Gasteiger partial charge on any atom is -0.261 e. The van der Waals surface area contributed by atoms with E-state index in [1.807, 2.05) is 36.4 Å². The fourth-order valence-corrected chi connectivity index (χ4v) is 2.82. The third kappa shape index (κ3) is 4.62. The molecule has 2 heterocycles. The molecule has 0 amide bonds. The Labute approximate surface area is 142 Å². The van der Waals surface area contributed by atoms with Crippen LogP contribution in [0.3, 0.4) is 0 Å². The largest absolute Gasteiger partial charge is 0.261 e. The average Bonchev–Trinajstić information content (AvgIpc) is 2.59. The number of hydrogen-bond acceptors (Lipinski definition) is 6. The van der Waals surface area contributed by atoms with Crippen molar-refractivity contribution in [2.24, 2.45) is 15.6 Å². The molecule has 0 saturated heterocycles. The van der Waals surface area contributed by atoms with Gasteiger partial charge in [0, 0.05) is 30.2 Å². The number of nitrogens with zero attached hydrogens (tertiary/aromatic N) is 4. The summed E-state index contributed by atoms with van der Waals surface area (Å²) in [5, 5.41) is 9.07. The molecule has 0 atom stereocenters. The fraction of sp³-hybridized carbons (Fsp3) is 0.333. The highest BCUT2D eigenvalue weighted by molar-refractivity contribution is 6.07. The summed E-state index contributed by atoms with van der Waals surface area (Å²) in [6.07, 6.45) is 6.13. The SMILES string of the molecule is CC1(C)C/C(=N\Nc2ccccn2)C/C(=N/Nc2ccccn2)C1. The Morgan fingerprint density at radius 1 is 0.833 bits per heavy atom. The van der Waals surface area contributed by atoms with E-state index in [1.165, 1.54) is 0 Å². The maximum Gasteiger partial charge on any atom is 0.146 e. The van der Waals surface area contributed by atoms with Crippen molar-refractivity contribution < 1.29 is 0 Å². The molecule has 3 rings (SSSR count). The van der Waals surface area contributed by atoms with E-state index >= 15 is 0 Å². The van der Waals surface area contributed by atoms with Crippen molar-refractivity contribution in [2.75, 3.05) is 10.9 Å². The molecule has 2 N–H and O–H groups in total. The van der Waals surface area contributed by atoms with Crippen LogP contribution in [0.15, 0.2) is 59.0 Å². The highest BCUT2D eigenvalue weighted by Crippen LogP contribution is 2.32. The Morgan fingerprint density at radius 2 is 1.33 bits per heavy atom. The first-order valence-electron chi connectivity index (χ1n) is 8.06. The fourth-order valence-electron chi connectivity index (χ4n) is 2.82. The molecule has 0 aliphatic heterocycles. The molecule has 1 aliphatic carbocycles. The van der Waals surface area contributed by atoms with Crippen LogP contribution < -0.4 is 10.9 Å². The monoisotopic (exact) mass is 322 g/mol. The molecule has 124 valence electrons. The second-order valence-electron chi connectivity index (χ2n) is 6.70. The number of hydrazone groups is 2. The van der Waals surface area contributed by atoms with E-state index in [0.717, 1.165) is 42.3 Å². The van der Waals surface area contributed by atoms with Gasteiger partial charge in [0.1, 0.15) is 11.6 Å². The molecule has 0 aromatic carbocycles. The minimum atomic E-state index is 0.132. The molecular weight excluding hydrogens is 300 g/mol. The van der Waals surface area contributed by atoms with Crippen molar-refractivity contribution in [3.63, 3.8) is 0 Å². The lowest BCUT2D eigenvalue weighted by Gasteiger charge is -2.31. The van der Waals surface area contributed by atoms with Crippen LogP contribution in [0.2, 0.25) is 0 Å². The van der Waals surface area contributed by atoms with Gasteiger partial charge in [-0.2, -0.15) is 10.2 Å². The Morgan fingerprint density at radius 3 is 1.75 bits per heavy atom. The molecule has 1 fully saturated rings. The van der Waals surface area contributed by atoms with Gasteiger partial charge in [-0.3, -0.25) is 10.9 Å². The van der Waals surface area contributed by atoms with E-state index in [9.17, 15) is 0 Å². The third-order valence-electron chi connectivity index (χ3n) is 3.76. The molecule has 0 bridgehead atoms. The average molecular weight is 322 g/mol. The zero-order chi connectivity index (χ0) is 16.8. The maximum atomic E-state index is 4.53. The third-order valence-corrected chi connectivity index (χ3v) is 3.76. The van der Waals surface area contributed by atoms with Gasteiger partial charge in [-0.1, -0.05) is 26.0 Å². The lowest BCUT2D eigenvalue weighted by Crippen LogP contribution is -2.30. The topological polar surface area (TPSA) is 74.6 Å². The van der Waals surface area contributed by atoms with Gasteiger partial charge in [0.15, 0.2) is 0 Å². The summed E-state index contributed by atoms with van der Waals surface area (Å²) in [6, 6.07) is 11.4. The van der Waals surface area contributed by atoms with Crippen molar-refractivity contribution in [2.45, 2.75) is 33.1 Å². The zero-order valence-electron chi connectivity index (χ0n) is 14.0. The highest BCUT2D eigenvalue weighted by Gasteiger charge is 2.29. The molecule has 6 nitrogen and oxygen atoms in total. The summed E-state index contributed by atoms with van der Waals surface area (Å²) in [6.45, 7) is 4.47. The standard InChI is InChI=1S/C18H22N6/c1-18(2)12-14(21-23-16-7-3-5-9-19-16)11-15(13-18)22-24-17-8-4-6-10-20-17/h3-10H,11-13H2,1-2H3,(H,19,23)(H,20,24)/b21-14-,22-15-. The first-order valence-corrected chi connectivity index (χ1v) is 8.06. The van der Waals surface area contributed by atoms with Crippen LogP contribution in [0.4, 0.5) is 11.6 Å². The number of hydrogen-bond donors (Lipinski definition) is 2. The molecular formula is C18H22N6. The van der Waals surface area contributed by atoms with Crippen LogP contribution in [-0.2, 0) is 0 Å². The Hall–Kier alpha value is -2.76. The summed E-state index contributed by atoms with van der Waals surface area (Å²) in [5.74, 6) is 1.50. The van der Waals surface area contributed by atoms with Gasteiger partial charge in [-0.05, 0) is 42.5 Å². The zero-order valence-corrected chi connectivity index (χ0v) is 14.0. The molecule has 0 spiro atoms. The first-order chi connectivity index (χ1) is 11.6. The van der Waals surface area contributed by atoms with Gasteiger partial charge in [0.2, 0.25) is 0 Å². The predicted octanol–water partition coefficient (Wildman–Crippen LogP) is 3.92. The highest BCUT2D eigenvalue weighted by atomic mass is 15.3. The Bertz CT molecular complexity index is 660. The molecule has 0 unspecified atom stereocenters. The molecule has 0 radical (unpaired) electrons. The van der Waals surface area contributed by atoms with Crippen molar-refractivity contribution in [1.29, 1.82) is 0 Å². The second-order valence-corrected chi connectivity index (χ2v) is 6.70. The van der Waals surface area contributed by atoms with Gasteiger partial charge in [-0.15, -0.1) is 0 Å². The van der Waals surface area contributed by atoms with Crippen LogP contribution in [0.1, 0.15) is 33.1 Å². The molecule has 1 saturated carbocycles. The van der Waals surface area contributed by atoms with Crippen LogP contribution in [0.5, 0.6) is 0 Å². The Kier molecular flexibility index (Phi) is 4.84. The van der Waals surface area contributed by atoms with Crippen LogP contribution >= 0.6 is 0 Å². The summed E-state index contributed by atoms with van der Waals surface area (Å²) in [7, 11) is 0.